The zero-order valence-corrected chi connectivity index (χ0v) is 22.3. The highest BCUT2D eigenvalue weighted by Crippen LogP contribution is 2.73. The molecule has 3 nitrogen and oxygen atoms in total. The van der Waals surface area contributed by atoms with Gasteiger partial charge >= 0.3 is 0 Å². The molecule has 4 aliphatic carbocycles. The minimum atomic E-state index is -0.922. The molecule has 0 aromatic heterocycles. The summed E-state index contributed by atoms with van der Waals surface area (Å²) in [4.78, 5) is 25.4. The van der Waals surface area contributed by atoms with Crippen LogP contribution in [0.4, 0.5) is 0 Å². The highest BCUT2D eigenvalue weighted by Gasteiger charge is 2.65. The van der Waals surface area contributed by atoms with Crippen LogP contribution in [0.25, 0.3) is 0 Å². The van der Waals surface area contributed by atoms with Gasteiger partial charge < -0.3 is 5.11 Å². The third-order valence-corrected chi connectivity index (χ3v) is 11.5. The number of fused-ring (bicyclic) bond motifs is 5. The number of hydrogen-bond acceptors (Lipinski definition) is 3. The Morgan fingerprint density at radius 1 is 1.09 bits per heavy atom. The van der Waals surface area contributed by atoms with Crippen molar-refractivity contribution >= 4 is 11.6 Å². The molecule has 184 valence electrons. The van der Waals surface area contributed by atoms with Gasteiger partial charge in [0, 0.05) is 11.8 Å². The highest BCUT2D eigenvalue weighted by atomic mass is 16.3. The van der Waals surface area contributed by atoms with E-state index in [1.807, 2.05) is 13.8 Å². The van der Waals surface area contributed by atoms with Crippen molar-refractivity contribution in [2.45, 2.75) is 106 Å². The molecular formula is C30H46O3. The largest absolute Gasteiger partial charge is 0.385 e. The lowest BCUT2D eigenvalue weighted by Crippen LogP contribution is -2.57. The maximum absolute atomic E-state index is 12.8. The molecule has 0 aliphatic heterocycles. The van der Waals surface area contributed by atoms with Crippen LogP contribution in [0, 0.1) is 45.3 Å². The van der Waals surface area contributed by atoms with Gasteiger partial charge in [-0.25, -0.2) is 0 Å². The van der Waals surface area contributed by atoms with Gasteiger partial charge in [0.1, 0.15) is 11.9 Å². The third-order valence-electron chi connectivity index (χ3n) is 11.5. The number of carbonyl (C=O) groups excluding carboxylic acids is 2. The topological polar surface area (TPSA) is 54.4 Å². The first-order valence-electron chi connectivity index (χ1n) is 13.3. The highest BCUT2D eigenvalue weighted by molar-refractivity contribution is 5.94. The van der Waals surface area contributed by atoms with E-state index in [0.29, 0.717) is 23.5 Å². The Morgan fingerprint density at radius 3 is 2.39 bits per heavy atom. The predicted octanol–water partition coefficient (Wildman–Crippen LogP) is 6.69. The molecule has 0 aromatic carbocycles. The SMILES string of the molecule is CC(C)=CC(=O)C(O)[C@@H](C)[C@@H]1CC[C@]2(C)C3=CC[C@H]4C(C)(C)C(=O)CC[C@]4(C)[C@H]3CC[C@@]12C. The lowest BCUT2D eigenvalue weighted by Gasteiger charge is -2.63. The van der Waals surface area contributed by atoms with Crippen molar-refractivity contribution < 1.29 is 14.7 Å². The minimum Gasteiger partial charge on any atom is -0.385 e. The van der Waals surface area contributed by atoms with Crippen molar-refractivity contribution in [3.63, 3.8) is 0 Å². The Morgan fingerprint density at radius 2 is 1.76 bits per heavy atom. The van der Waals surface area contributed by atoms with Crippen molar-refractivity contribution in [3.05, 3.63) is 23.3 Å². The van der Waals surface area contributed by atoms with Gasteiger partial charge in [-0.15, -0.1) is 0 Å². The molecule has 8 atom stereocenters. The van der Waals surface area contributed by atoms with E-state index in [-0.39, 0.29) is 33.4 Å². The molecule has 0 spiro atoms. The van der Waals surface area contributed by atoms with Gasteiger partial charge in [0.05, 0.1) is 0 Å². The molecule has 4 rings (SSSR count). The Labute approximate surface area is 201 Å². The van der Waals surface area contributed by atoms with Crippen LogP contribution in [0.15, 0.2) is 23.3 Å². The number of aliphatic hydroxyl groups is 1. The molecule has 0 amide bonds. The fraction of sp³-hybridized carbons (Fsp3) is 0.800. The van der Waals surface area contributed by atoms with E-state index in [9.17, 15) is 14.7 Å². The first-order valence-corrected chi connectivity index (χ1v) is 13.3. The van der Waals surface area contributed by atoms with E-state index in [2.05, 4.69) is 47.6 Å². The number of rotatable bonds is 4. The summed E-state index contributed by atoms with van der Waals surface area (Å²) in [5, 5.41) is 11.0. The molecule has 0 heterocycles. The Kier molecular flexibility index (Phi) is 5.96. The second kappa shape index (κ2) is 7.90. The van der Waals surface area contributed by atoms with Crippen molar-refractivity contribution in [2.75, 3.05) is 0 Å². The van der Waals surface area contributed by atoms with Gasteiger partial charge in [0.2, 0.25) is 0 Å². The fourth-order valence-corrected chi connectivity index (χ4v) is 9.25. The molecule has 0 aromatic rings. The molecule has 0 radical (unpaired) electrons. The molecule has 33 heavy (non-hydrogen) atoms. The van der Waals surface area contributed by atoms with E-state index in [4.69, 9.17) is 0 Å². The van der Waals surface area contributed by atoms with Crippen LogP contribution in [0.3, 0.4) is 0 Å². The maximum Gasteiger partial charge on any atom is 0.184 e. The van der Waals surface area contributed by atoms with Crippen LogP contribution in [0.2, 0.25) is 0 Å². The number of hydrogen-bond donors (Lipinski definition) is 1. The van der Waals surface area contributed by atoms with E-state index < -0.39 is 6.10 Å². The number of carbonyl (C=O) groups is 2. The second-order valence-corrected chi connectivity index (χ2v) is 13.5. The van der Waals surface area contributed by atoms with Crippen LogP contribution < -0.4 is 0 Å². The third kappa shape index (κ3) is 3.39. The fourth-order valence-electron chi connectivity index (χ4n) is 9.25. The van der Waals surface area contributed by atoms with Crippen molar-refractivity contribution in [3.8, 4) is 0 Å². The molecule has 3 heteroatoms. The van der Waals surface area contributed by atoms with E-state index in [1.165, 1.54) is 0 Å². The summed E-state index contributed by atoms with van der Waals surface area (Å²) in [7, 11) is 0. The molecular weight excluding hydrogens is 408 g/mol. The Balaban J connectivity index is 1.67. The summed E-state index contributed by atoms with van der Waals surface area (Å²) < 4.78 is 0. The summed E-state index contributed by atoms with van der Waals surface area (Å²) in [5.74, 6) is 1.56. The smallest absolute Gasteiger partial charge is 0.184 e. The van der Waals surface area contributed by atoms with Crippen molar-refractivity contribution in [2.24, 2.45) is 45.3 Å². The molecule has 3 fully saturated rings. The molecule has 1 unspecified atom stereocenters. The molecule has 1 N–H and O–H groups in total. The van der Waals surface area contributed by atoms with Crippen LogP contribution >= 0.6 is 0 Å². The molecule has 4 aliphatic rings. The first-order chi connectivity index (χ1) is 15.2. The van der Waals surface area contributed by atoms with Crippen LogP contribution in [-0.4, -0.2) is 22.8 Å². The van der Waals surface area contributed by atoms with Gasteiger partial charge in [0.15, 0.2) is 5.78 Å². The average Bonchev–Trinajstić information content (AvgIpc) is 3.01. The van der Waals surface area contributed by atoms with E-state index in [0.717, 1.165) is 50.5 Å². The summed E-state index contributed by atoms with van der Waals surface area (Å²) in [5.41, 5.74) is 2.73. The molecule has 0 saturated heterocycles. The lowest BCUT2D eigenvalue weighted by molar-refractivity contribution is -0.146. The molecule has 3 saturated carbocycles. The normalized spacial score (nSPS) is 43.5. The summed E-state index contributed by atoms with van der Waals surface area (Å²) >= 11 is 0. The zero-order chi connectivity index (χ0) is 24.6. The summed E-state index contributed by atoms with van der Waals surface area (Å²) in [6.45, 7) is 17.7. The monoisotopic (exact) mass is 454 g/mol. The number of aliphatic hydroxyl groups excluding tert-OH is 1. The number of ketones is 2. The Bertz CT molecular complexity index is 906. The predicted molar refractivity (Wildman–Crippen MR) is 134 cm³/mol. The van der Waals surface area contributed by atoms with Gasteiger partial charge in [-0.05, 0) is 98.4 Å². The van der Waals surface area contributed by atoms with Crippen LogP contribution in [0.1, 0.15) is 100 Å². The van der Waals surface area contributed by atoms with Gasteiger partial charge in [-0.3, -0.25) is 9.59 Å². The van der Waals surface area contributed by atoms with Gasteiger partial charge in [0.25, 0.3) is 0 Å². The number of allylic oxidation sites excluding steroid dienone is 3. The first kappa shape index (κ1) is 24.9. The number of Topliss-reactive ketones (excluding diaryl/α,β-unsaturated/α-hetero) is 1. The van der Waals surface area contributed by atoms with Crippen molar-refractivity contribution in [1.29, 1.82) is 0 Å². The van der Waals surface area contributed by atoms with E-state index >= 15 is 0 Å². The standard InChI is InChI=1S/C30H46O3/c1-18(2)17-23(31)26(33)19(3)20-11-15-30(8)22-9-10-24-27(4,5)25(32)13-14-28(24,6)21(22)12-16-29(20,30)7/h9,17,19-21,24,26,33H,10-16H2,1-8H3/t19-,20-,21-,24-,26?,28+,29-,30+/m0/s1. The quantitative estimate of drug-likeness (QED) is 0.380. The van der Waals surface area contributed by atoms with E-state index in [1.54, 1.807) is 11.6 Å². The molecule has 0 bridgehead atoms. The summed E-state index contributed by atoms with van der Waals surface area (Å²) in [6.07, 6.45) is 10.5. The maximum atomic E-state index is 12.8. The van der Waals surface area contributed by atoms with Crippen LogP contribution in [0.5, 0.6) is 0 Å². The average molecular weight is 455 g/mol. The van der Waals surface area contributed by atoms with Crippen LogP contribution in [-0.2, 0) is 9.59 Å². The lowest BCUT2D eigenvalue weighted by atomic mass is 9.41. The Hall–Kier alpha value is -1.22. The summed E-state index contributed by atoms with van der Waals surface area (Å²) in [6, 6.07) is 0. The van der Waals surface area contributed by atoms with Gasteiger partial charge in [-0.1, -0.05) is 58.8 Å². The van der Waals surface area contributed by atoms with Crippen molar-refractivity contribution in [1.82, 2.24) is 0 Å². The minimum absolute atomic E-state index is 0.0461. The second-order valence-electron chi connectivity index (χ2n) is 13.5. The zero-order valence-electron chi connectivity index (χ0n) is 22.3. The van der Waals surface area contributed by atoms with Gasteiger partial charge in [-0.2, -0.15) is 0 Å².